The van der Waals surface area contributed by atoms with Crippen LogP contribution in [0.15, 0.2) is 90.2 Å². The number of nitrogens with zero attached hydrogens (tertiary/aromatic N) is 3. The number of fused-ring (bicyclic) bond motifs is 1. The molecule has 0 saturated heterocycles. The Labute approximate surface area is 173 Å². The molecule has 0 aliphatic carbocycles. The second-order valence-electron chi connectivity index (χ2n) is 7.08. The number of hydrogen-bond donors (Lipinski definition) is 1. The molecule has 6 nitrogen and oxygen atoms in total. The summed E-state index contributed by atoms with van der Waals surface area (Å²) in [4.78, 5) is 20.4. The normalized spacial score (nSPS) is 11.1. The third-order valence-corrected chi connectivity index (χ3v) is 5.25. The van der Waals surface area contributed by atoms with Crippen LogP contribution in [0.25, 0.3) is 27.8 Å². The lowest BCUT2D eigenvalue weighted by atomic mass is 10.0. The Balaban J connectivity index is 1.44. The van der Waals surface area contributed by atoms with Crippen LogP contribution >= 0.6 is 0 Å². The molecule has 6 heteroatoms. The van der Waals surface area contributed by atoms with Crippen molar-refractivity contribution < 1.29 is 4.74 Å². The zero-order valence-electron chi connectivity index (χ0n) is 16.4. The fourth-order valence-electron chi connectivity index (χ4n) is 3.71. The minimum Gasteiger partial charge on any atom is -0.497 e. The van der Waals surface area contributed by atoms with Gasteiger partial charge in [-0.15, -0.1) is 0 Å². The molecule has 5 aromatic rings. The first-order chi connectivity index (χ1) is 14.7. The number of nitrogens with one attached hydrogen (secondary N) is 1. The van der Waals surface area contributed by atoms with Gasteiger partial charge in [-0.25, -0.2) is 9.78 Å². The molecule has 0 unspecified atom stereocenters. The van der Waals surface area contributed by atoms with Crippen LogP contribution in [-0.2, 0) is 6.54 Å². The first-order valence-corrected chi connectivity index (χ1v) is 9.66. The van der Waals surface area contributed by atoms with Crippen LogP contribution in [-0.4, -0.2) is 26.2 Å². The highest BCUT2D eigenvalue weighted by Gasteiger charge is 2.09. The third kappa shape index (κ3) is 3.18. The second-order valence-corrected chi connectivity index (χ2v) is 7.08. The molecule has 3 heterocycles. The predicted molar refractivity (Wildman–Crippen MR) is 117 cm³/mol. The standard InChI is InChI=1S/C24H20N4O2/c1-30-20-4-2-3-17(15-20)16-27-13-14-28(24(27)29)19-7-5-18(6-8-19)21-9-11-25-23-22(21)10-12-26-23/h2-15H,16H2,1H3,(H,25,26). The number of ether oxygens (including phenoxy) is 1. The van der Waals surface area contributed by atoms with Gasteiger partial charge < -0.3 is 9.72 Å². The van der Waals surface area contributed by atoms with E-state index in [-0.39, 0.29) is 5.69 Å². The lowest BCUT2D eigenvalue weighted by Crippen LogP contribution is -2.23. The monoisotopic (exact) mass is 396 g/mol. The van der Waals surface area contributed by atoms with Gasteiger partial charge in [0.1, 0.15) is 11.4 Å². The number of rotatable bonds is 5. The highest BCUT2D eigenvalue weighted by atomic mass is 16.5. The van der Waals surface area contributed by atoms with Crippen LogP contribution < -0.4 is 10.4 Å². The van der Waals surface area contributed by atoms with E-state index < -0.39 is 0 Å². The molecule has 0 aliphatic heterocycles. The average molecular weight is 396 g/mol. The van der Waals surface area contributed by atoms with E-state index in [0.717, 1.165) is 39.2 Å². The summed E-state index contributed by atoms with van der Waals surface area (Å²) >= 11 is 0. The predicted octanol–water partition coefficient (Wildman–Crippen LogP) is 4.24. The third-order valence-electron chi connectivity index (χ3n) is 5.25. The van der Waals surface area contributed by atoms with Crippen LogP contribution in [0, 0.1) is 0 Å². The lowest BCUT2D eigenvalue weighted by Gasteiger charge is -2.07. The molecular weight excluding hydrogens is 376 g/mol. The number of hydrogen-bond acceptors (Lipinski definition) is 3. The Morgan fingerprint density at radius 2 is 1.90 bits per heavy atom. The van der Waals surface area contributed by atoms with E-state index in [4.69, 9.17) is 4.74 Å². The largest absolute Gasteiger partial charge is 0.497 e. The number of H-pyrrole nitrogens is 1. The van der Waals surface area contributed by atoms with Gasteiger partial charge in [-0.3, -0.25) is 9.13 Å². The molecule has 0 radical (unpaired) electrons. The fraction of sp³-hybridized carbons (Fsp3) is 0.0833. The van der Waals surface area contributed by atoms with Gasteiger partial charge in [-0.05, 0) is 53.1 Å². The van der Waals surface area contributed by atoms with E-state index >= 15 is 0 Å². The van der Waals surface area contributed by atoms with Crippen molar-refractivity contribution in [2.45, 2.75) is 6.54 Å². The summed E-state index contributed by atoms with van der Waals surface area (Å²) in [6.07, 6.45) is 7.29. The molecule has 0 bridgehead atoms. The lowest BCUT2D eigenvalue weighted by molar-refractivity contribution is 0.414. The maximum atomic E-state index is 12.9. The van der Waals surface area contributed by atoms with Gasteiger partial charge in [0.2, 0.25) is 0 Å². The Hall–Kier alpha value is -4.06. The average Bonchev–Trinajstić information content (AvgIpc) is 3.41. The number of pyridine rings is 1. The highest BCUT2D eigenvalue weighted by Crippen LogP contribution is 2.27. The summed E-state index contributed by atoms with van der Waals surface area (Å²) in [5.74, 6) is 0.781. The number of imidazole rings is 1. The van der Waals surface area contributed by atoms with E-state index in [0.29, 0.717) is 6.54 Å². The van der Waals surface area contributed by atoms with Crippen molar-refractivity contribution in [2.24, 2.45) is 0 Å². The number of methoxy groups -OCH3 is 1. The number of aromatic nitrogens is 4. The van der Waals surface area contributed by atoms with Crippen molar-refractivity contribution in [3.63, 3.8) is 0 Å². The molecule has 148 valence electrons. The van der Waals surface area contributed by atoms with Crippen LogP contribution in [0.2, 0.25) is 0 Å². The van der Waals surface area contributed by atoms with Gasteiger partial charge in [0.05, 0.1) is 19.3 Å². The molecule has 0 saturated carbocycles. The maximum Gasteiger partial charge on any atom is 0.333 e. The zero-order valence-corrected chi connectivity index (χ0v) is 16.4. The van der Waals surface area contributed by atoms with Gasteiger partial charge in [-0.1, -0.05) is 24.3 Å². The quantitative estimate of drug-likeness (QED) is 0.483. The molecule has 0 spiro atoms. The summed E-state index contributed by atoms with van der Waals surface area (Å²) in [6.45, 7) is 0.490. The van der Waals surface area contributed by atoms with E-state index in [1.807, 2.05) is 73.1 Å². The van der Waals surface area contributed by atoms with Crippen LogP contribution in [0.1, 0.15) is 5.56 Å². The zero-order chi connectivity index (χ0) is 20.5. The van der Waals surface area contributed by atoms with E-state index in [1.165, 1.54) is 0 Å². The second kappa shape index (κ2) is 7.40. The number of benzene rings is 2. The van der Waals surface area contributed by atoms with Crippen molar-refractivity contribution >= 4 is 11.0 Å². The highest BCUT2D eigenvalue weighted by molar-refractivity contribution is 5.92. The fourth-order valence-corrected chi connectivity index (χ4v) is 3.71. The van der Waals surface area contributed by atoms with Crippen molar-refractivity contribution in [3.05, 3.63) is 101 Å². The van der Waals surface area contributed by atoms with Crippen molar-refractivity contribution in [3.8, 4) is 22.6 Å². The maximum absolute atomic E-state index is 12.9. The molecule has 2 aromatic carbocycles. The summed E-state index contributed by atoms with van der Waals surface area (Å²) < 4.78 is 8.61. The van der Waals surface area contributed by atoms with Crippen molar-refractivity contribution in [2.75, 3.05) is 7.11 Å². The smallest absolute Gasteiger partial charge is 0.333 e. The Morgan fingerprint density at radius 3 is 2.73 bits per heavy atom. The van der Waals surface area contributed by atoms with Gasteiger partial charge in [0.15, 0.2) is 0 Å². The van der Waals surface area contributed by atoms with Gasteiger partial charge in [-0.2, -0.15) is 0 Å². The Kier molecular flexibility index (Phi) is 4.44. The topological polar surface area (TPSA) is 64.8 Å². The van der Waals surface area contributed by atoms with Gasteiger partial charge >= 0.3 is 5.69 Å². The molecule has 5 rings (SSSR count). The molecule has 0 amide bonds. The molecule has 30 heavy (non-hydrogen) atoms. The van der Waals surface area contributed by atoms with E-state index in [9.17, 15) is 4.79 Å². The van der Waals surface area contributed by atoms with Gasteiger partial charge in [0.25, 0.3) is 0 Å². The van der Waals surface area contributed by atoms with Gasteiger partial charge in [0, 0.05) is 30.2 Å². The Morgan fingerprint density at radius 1 is 1.03 bits per heavy atom. The summed E-state index contributed by atoms with van der Waals surface area (Å²) in [5.41, 5.74) is 4.81. The Bertz CT molecular complexity index is 1380. The molecule has 1 N–H and O–H groups in total. The molecule has 3 aromatic heterocycles. The SMILES string of the molecule is COc1cccc(Cn2ccn(-c3ccc(-c4ccnc5[nH]ccc45)cc3)c2=O)c1. The number of aromatic amines is 1. The minimum absolute atomic E-state index is 0.0810. The summed E-state index contributed by atoms with van der Waals surface area (Å²) in [6, 6.07) is 19.8. The van der Waals surface area contributed by atoms with Crippen molar-refractivity contribution in [1.29, 1.82) is 0 Å². The van der Waals surface area contributed by atoms with Crippen LogP contribution in [0.3, 0.4) is 0 Å². The minimum atomic E-state index is -0.0810. The van der Waals surface area contributed by atoms with E-state index in [2.05, 4.69) is 9.97 Å². The van der Waals surface area contributed by atoms with E-state index in [1.54, 1.807) is 28.6 Å². The molecular formula is C24H20N4O2. The first kappa shape index (κ1) is 18.0. The van der Waals surface area contributed by atoms with Crippen molar-refractivity contribution in [1.82, 2.24) is 19.1 Å². The van der Waals surface area contributed by atoms with Crippen LogP contribution in [0.5, 0.6) is 5.75 Å². The molecule has 0 fully saturated rings. The summed E-state index contributed by atoms with van der Waals surface area (Å²) in [5, 5.41) is 1.08. The van der Waals surface area contributed by atoms with Crippen LogP contribution in [0.4, 0.5) is 0 Å². The first-order valence-electron chi connectivity index (χ1n) is 9.66. The molecule has 0 atom stereocenters. The summed E-state index contributed by atoms with van der Waals surface area (Å²) in [7, 11) is 1.64. The molecule has 0 aliphatic rings.